The fourth-order valence-corrected chi connectivity index (χ4v) is 1.79. The molecule has 2 N–H and O–H groups in total. The Balaban J connectivity index is 1.80. The number of aliphatic carboxylic acids is 1. The quantitative estimate of drug-likeness (QED) is 0.714. The van der Waals surface area contributed by atoms with Crippen molar-refractivity contribution in [3.63, 3.8) is 0 Å². The van der Waals surface area contributed by atoms with Gasteiger partial charge in [0.25, 0.3) is 0 Å². The van der Waals surface area contributed by atoms with Crippen molar-refractivity contribution in [2.45, 2.75) is 25.9 Å². The number of nitrogens with zero attached hydrogens (tertiary/aromatic N) is 3. The smallest absolute Gasteiger partial charge is 0.325 e. The summed E-state index contributed by atoms with van der Waals surface area (Å²) >= 11 is 0. The van der Waals surface area contributed by atoms with E-state index in [1.807, 2.05) is 12.2 Å². The molecule has 1 aliphatic rings. The summed E-state index contributed by atoms with van der Waals surface area (Å²) in [6, 6.07) is 0. The summed E-state index contributed by atoms with van der Waals surface area (Å²) in [5, 5.41) is 18.8. The molecule has 0 unspecified atom stereocenters. The van der Waals surface area contributed by atoms with Crippen molar-refractivity contribution in [1.82, 2.24) is 20.3 Å². The van der Waals surface area contributed by atoms with Crippen molar-refractivity contribution in [3.8, 4) is 0 Å². The Morgan fingerprint density at radius 2 is 2.17 bits per heavy atom. The molecule has 1 aliphatic carbocycles. The number of amides is 1. The van der Waals surface area contributed by atoms with E-state index < -0.39 is 5.97 Å². The van der Waals surface area contributed by atoms with Crippen molar-refractivity contribution in [1.29, 1.82) is 0 Å². The molecule has 1 aromatic rings. The largest absolute Gasteiger partial charge is 0.480 e. The van der Waals surface area contributed by atoms with Crippen molar-refractivity contribution < 1.29 is 14.7 Å². The Hall–Kier alpha value is -2.18. The van der Waals surface area contributed by atoms with E-state index in [1.165, 1.54) is 10.9 Å². The van der Waals surface area contributed by atoms with Crippen molar-refractivity contribution in [3.05, 3.63) is 24.0 Å². The van der Waals surface area contributed by atoms with Gasteiger partial charge in [0.05, 0.1) is 12.7 Å². The molecule has 18 heavy (non-hydrogen) atoms. The Bertz CT molecular complexity index is 472. The average molecular weight is 250 g/mol. The Morgan fingerprint density at radius 1 is 1.44 bits per heavy atom. The van der Waals surface area contributed by atoms with Gasteiger partial charge in [-0.2, -0.15) is 0 Å². The molecular weight excluding hydrogens is 236 g/mol. The van der Waals surface area contributed by atoms with Crippen LogP contribution >= 0.6 is 0 Å². The number of allylic oxidation sites excluding steroid dienone is 2. The summed E-state index contributed by atoms with van der Waals surface area (Å²) < 4.78 is 1.22. The van der Waals surface area contributed by atoms with Crippen molar-refractivity contribution in [2.24, 2.45) is 5.92 Å². The molecule has 0 atom stereocenters. The van der Waals surface area contributed by atoms with Gasteiger partial charge in [0.2, 0.25) is 5.91 Å². The molecule has 0 saturated carbocycles. The van der Waals surface area contributed by atoms with E-state index in [9.17, 15) is 9.59 Å². The molecule has 7 nitrogen and oxygen atoms in total. The van der Waals surface area contributed by atoms with Gasteiger partial charge in [-0.15, -0.1) is 5.10 Å². The first kappa shape index (κ1) is 12.3. The first-order valence-corrected chi connectivity index (χ1v) is 5.68. The molecule has 1 aromatic heterocycles. The lowest BCUT2D eigenvalue weighted by Crippen LogP contribution is -2.29. The zero-order valence-electron chi connectivity index (χ0n) is 9.74. The highest BCUT2D eigenvalue weighted by molar-refractivity contribution is 5.79. The minimum Gasteiger partial charge on any atom is -0.480 e. The average Bonchev–Trinajstić information content (AvgIpc) is 2.95. The van der Waals surface area contributed by atoms with Crippen LogP contribution in [0.15, 0.2) is 18.3 Å². The number of hydrogen-bond acceptors (Lipinski definition) is 4. The zero-order valence-corrected chi connectivity index (χ0v) is 9.74. The van der Waals surface area contributed by atoms with Crippen LogP contribution in [0.1, 0.15) is 18.5 Å². The van der Waals surface area contributed by atoms with Crippen LogP contribution in [0, 0.1) is 5.92 Å². The van der Waals surface area contributed by atoms with Crippen molar-refractivity contribution >= 4 is 11.9 Å². The lowest BCUT2D eigenvalue weighted by Gasteiger charge is -2.08. The third kappa shape index (κ3) is 3.16. The fourth-order valence-electron chi connectivity index (χ4n) is 1.79. The second-order valence-corrected chi connectivity index (χ2v) is 4.16. The van der Waals surface area contributed by atoms with E-state index in [4.69, 9.17) is 5.11 Å². The van der Waals surface area contributed by atoms with Crippen LogP contribution < -0.4 is 5.32 Å². The normalized spacial score (nSPS) is 14.9. The highest BCUT2D eigenvalue weighted by atomic mass is 16.4. The number of carbonyl (C=O) groups is 2. The molecule has 1 amide bonds. The Labute approximate surface area is 103 Å². The first-order valence-electron chi connectivity index (χ1n) is 5.68. The van der Waals surface area contributed by atoms with E-state index in [2.05, 4.69) is 15.6 Å². The standard InChI is InChI=1S/C11H14N4O3/c16-10(17)7-15-6-9(13-14-15)5-12-11(18)8-3-1-2-4-8/h1-2,6,8H,3-5,7H2,(H,12,18)(H,16,17). The number of rotatable bonds is 5. The summed E-state index contributed by atoms with van der Waals surface area (Å²) in [6.07, 6.45) is 7.05. The monoisotopic (exact) mass is 250 g/mol. The summed E-state index contributed by atoms with van der Waals surface area (Å²) in [4.78, 5) is 22.2. The fraction of sp³-hybridized carbons (Fsp3) is 0.455. The molecule has 2 rings (SSSR count). The molecule has 1 heterocycles. The van der Waals surface area contributed by atoms with E-state index in [0.717, 1.165) is 12.8 Å². The number of hydrogen-bond donors (Lipinski definition) is 2. The van der Waals surface area contributed by atoms with Gasteiger partial charge in [0.1, 0.15) is 12.2 Å². The van der Waals surface area contributed by atoms with Crippen LogP contribution in [0.5, 0.6) is 0 Å². The van der Waals surface area contributed by atoms with Gasteiger partial charge < -0.3 is 10.4 Å². The molecule has 0 radical (unpaired) electrons. The second kappa shape index (κ2) is 5.44. The zero-order chi connectivity index (χ0) is 13.0. The number of carboxylic acids is 1. The SMILES string of the molecule is O=C(O)Cn1cc(CNC(=O)C2CC=CC2)nn1. The topological polar surface area (TPSA) is 97.1 Å². The van der Waals surface area contributed by atoms with Crippen LogP contribution in [-0.2, 0) is 22.7 Å². The lowest BCUT2D eigenvalue weighted by molar-refractivity contribution is -0.138. The maximum Gasteiger partial charge on any atom is 0.325 e. The highest BCUT2D eigenvalue weighted by Gasteiger charge is 2.18. The third-order valence-corrected chi connectivity index (χ3v) is 2.71. The van der Waals surface area contributed by atoms with Crippen LogP contribution in [-0.4, -0.2) is 32.0 Å². The molecule has 0 fully saturated rings. The van der Waals surface area contributed by atoms with E-state index in [1.54, 1.807) is 0 Å². The first-order chi connectivity index (χ1) is 8.65. The molecule has 0 saturated heterocycles. The summed E-state index contributed by atoms with van der Waals surface area (Å²) in [6.45, 7) is 0.0441. The maximum atomic E-state index is 11.7. The molecule has 0 spiro atoms. The predicted octanol–water partition coefficient (Wildman–Crippen LogP) is -0.0549. The van der Waals surface area contributed by atoms with Gasteiger partial charge >= 0.3 is 5.97 Å². The van der Waals surface area contributed by atoms with Gasteiger partial charge in [0.15, 0.2) is 0 Å². The van der Waals surface area contributed by atoms with Crippen LogP contribution in [0.2, 0.25) is 0 Å². The second-order valence-electron chi connectivity index (χ2n) is 4.16. The van der Waals surface area contributed by atoms with E-state index in [-0.39, 0.29) is 24.9 Å². The van der Waals surface area contributed by atoms with E-state index >= 15 is 0 Å². The van der Waals surface area contributed by atoms with Crippen molar-refractivity contribution in [2.75, 3.05) is 0 Å². The van der Waals surface area contributed by atoms with Crippen LogP contribution in [0.3, 0.4) is 0 Å². The number of carboxylic acid groups (broad SMARTS) is 1. The summed E-state index contributed by atoms with van der Waals surface area (Å²) in [5.41, 5.74) is 0.551. The molecule has 7 heteroatoms. The Kier molecular flexibility index (Phi) is 3.71. The van der Waals surface area contributed by atoms with Crippen LogP contribution in [0.25, 0.3) is 0 Å². The molecule has 0 aliphatic heterocycles. The highest BCUT2D eigenvalue weighted by Crippen LogP contribution is 2.17. The summed E-state index contributed by atoms with van der Waals surface area (Å²) in [5.74, 6) is -0.973. The summed E-state index contributed by atoms with van der Waals surface area (Å²) in [7, 11) is 0. The third-order valence-electron chi connectivity index (χ3n) is 2.71. The molecule has 0 aromatic carbocycles. The van der Waals surface area contributed by atoms with E-state index in [0.29, 0.717) is 5.69 Å². The number of carbonyl (C=O) groups excluding carboxylic acids is 1. The van der Waals surface area contributed by atoms with Gasteiger partial charge in [-0.1, -0.05) is 17.4 Å². The molecule has 0 bridgehead atoms. The number of nitrogens with one attached hydrogen (secondary N) is 1. The Morgan fingerprint density at radius 3 is 2.83 bits per heavy atom. The maximum absolute atomic E-state index is 11.7. The predicted molar refractivity (Wildman–Crippen MR) is 61.4 cm³/mol. The number of aromatic nitrogens is 3. The van der Waals surface area contributed by atoms with Gasteiger partial charge in [0, 0.05) is 5.92 Å². The van der Waals surface area contributed by atoms with Crippen LogP contribution in [0.4, 0.5) is 0 Å². The van der Waals surface area contributed by atoms with Gasteiger partial charge in [-0.05, 0) is 12.8 Å². The minimum absolute atomic E-state index is 0.00668. The molecule has 96 valence electrons. The van der Waals surface area contributed by atoms with Gasteiger partial charge in [-0.25, -0.2) is 4.68 Å². The van der Waals surface area contributed by atoms with Gasteiger partial charge in [-0.3, -0.25) is 9.59 Å². The molecular formula is C11H14N4O3. The minimum atomic E-state index is -0.979. The lowest BCUT2D eigenvalue weighted by atomic mass is 10.1.